The molecule has 0 spiro atoms. The molecule has 0 aromatic heterocycles. The van der Waals surface area contributed by atoms with Crippen LogP contribution in [0.3, 0.4) is 0 Å². The molecule has 3 nitrogen and oxygen atoms in total. The third-order valence-corrected chi connectivity index (χ3v) is 10.8. The van der Waals surface area contributed by atoms with Crippen LogP contribution in [0, 0.1) is 28.6 Å². The maximum atomic E-state index is 13.2. The summed E-state index contributed by atoms with van der Waals surface area (Å²) < 4.78 is 13.2. The summed E-state index contributed by atoms with van der Waals surface area (Å²) in [6.07, 6.45) is 7.21. The van der Waals surface area contributed by atoms with Gasteiger partial charge < -0.3 is 4.55 Å². The van der Waals surface area contributed by atoms with Gasteiger partial charge in [-0.05, 0) is 108 Å². The van der Waals surface area contributed by atoms with Crippen molar-refractivity contribution in [3.8, 4) is 0 Å². The van der Waals surface area contributed by atoms with E-state index in [0.29, 0.717) is 29.9 Å². The molecule has 1 aromatic carbocycles. The predicted molar refractivity (Wildman–Crippen MR) is 132 cm³/mol. The highest BCUT2D eigenvalue weighted by atomic mass is 32.2. The van der Waals surface area contributed by atoms with Crippen LogP contribution in [0.4, 0.5) is 0 Å². The van der Waals surface area contributed by atoms with E-state index in [0.717, 1.165) is 53.7 Å². The van der Waals surface area contributed by atoms with Crippen molar-refractivity contribution in [3.05, 3.63) is 65.3 Å². The summed E-state index contributed by atoms with van der Waals surface area (Å²) in [6.45, 7) is 10.7. The molecule has 2 saturated carbocycles. The zero-order chi connectivity index (χ0) is 23.5. The van der Waals surface area contributed by atoms with E-state index >= 15 is 0 Å². The minimum Gasteiger partial charge on any atom is -0.611 e. The highest BCUT2D eigenvalue weighted by molar-refractivity contribution is 7.91. The SMILES string of the molecule is C=C1C[C@@H]2[C@H](CC[C@]3(C)C(C(C)=O)=C(C[S+]([O-])c4ccccc4)C[C@@H]23)[C@@]2(C)CCC(=O)C=C12. The second-order valence-electron chi connectivity index (χ2n) is 11.1. The lowest BCUT2D eigenvalue weighted by atomic mass is 9.46. The second kappa shape index (κ2) is 8.09. The molecule has 0 heterocycles. The van der Waals surface area contributed by atoms with Gasteiger partial charge in [0.1, 0.15) is 5.75 Å². The average molecular weight is 463 g/mol. The molecule has 1 aromatic rings. The molecule has 0 radical (unpaired) electrons. The fraction of sp³-hybridized carbons (Fsp3) is 0.517. The van der Waals surface area contributed by atoms with E-state index in [1.54, 1.807) is 6.92 Å². The number of ketones is 2. The molecular weight excluding hydrogens is 428 g/mol. The summed E-state index contributed by atoms with van der Waals surface area (Å²) in [7, 11) is 0. The van der Waals surface area contributed by atoms with E-state index in [9.17, 15) is 14.1 Å². The van der Waals surface area contributed by atoms with Gasteiger partial charge in [0.15, 0.2) is 16.5 Å². The normalized spacial score (nSPS) is 36.6. The van der Waals surface area contributed by atoms with Crippen LogP contribution < -0.4 is 0 Å². The van der Waals surface area contributed by atoms with Crippen molar-refractivity contribution in [2.45, 2.75) is 64.2 Å². The van der Waals surface area contributed by atoms with Gasteiger partial charge in [-0.25, -0.2) is 0 Å². The Hall–Kier alpha value is -1.91. The zero-order valence-electron chi connectivity index (χ0n) is 20.0. The van der Waals surface area contributed by atoms with Gasteiger partial charge in [0, 0.05) is 12.0 Å². The second-order valence-corrected chi connectivity index (χ2v) is 12.6. The monoisotopic (exact) mass is 462 g/mol. The van der Waals surface area contributed by atoms with Crippen molar-refractivity contribution in [2.24, 2.45) is 28.6 Å². The Bertz CT molecular complexity index is 1080. The molecule has 174 valence electrons. The molecule has 1 unspecified atom stereocenters. The molecule has 4 heteroatoms. The summed E-state index contributed by atoms with van der Waals surface area (Å²) >= 11 is -1.15. The van der Waals surface area contributed by atoms with Crippen molar-refractivity contribution < 1.29 is 14.1 Å². The van der Waals surface area contributed by atoms with E-state index in [-0.39, 0.29) is 22.4 Å². The van der Waals surface area contributed by atoms with Crippen molar-refractivity contribution in [1.82, 2.24) is 0 Å². The number of allylic oxidation sites excluding steroid dienone is 4. The van der Waals surface area contributed by atoms with E-state index in [4.69, 9.17) is 0 Å². The summed E-state index contributed by atoms with van der Waals surface area (Å²) in [5, 5.41) is 0. The third kappa shape index (κ3) is 3.52. The van der Waals surface area contributed by atoms with Gasteiger partial charge in [0.05, 0.1) is 0 Å². The molecule has 4 aliphatic carbocycles. The van der Waals surface area contributed by atoms with Gasteiger partial charge in [-0.2, -0.15) is 0 Å². The summed E-state index contributed by atoms with van der Waals surface area (Å²) in [4.78, 5) is 26.0. The number of hydrogen-bond acceptors (Lipinski definition) is 3. The zero-order valence-corrected chi connectivity index (χ0v) is 20.8. The molecule has 33 heavy (non-hydrogen) atoms. The molecular formula is C29H34O3S. The first kappa shape index (κ1) is 22.9. The lowest BCUT2D eigenvalue weighted by molar-refractivity contribution is -0.118. The maximum Gasteiger partial charge on any atom is 0.156 e. The van der Waals surface area contributed by atoms with E-state index in [1.807, 2.05) is 36.4 Å². The first-order valence-electron chi connectivity index (χ1n) is 12.2. The van der Waals surface area contributed by atoms with Crippen molar-refractivity contribution in [2.75, 3.05) is 5.75 Å². The fourth-order valence-electron chi connectivity index (χ4n) is 7.94. The molecule has 0 N–H and O–H groups in total. The van der Waals surface area contributed by atoms with Crippen LogP contribution in [0.15, 0.2) is 70.2 Å². The van der Waals surface area contributed by atoms with E-state index < -0.39 is 11.2 Å². The Balaban J connectivity index is 1.49. The van der Waals surface area contributed by atoms with Crippen LogP contribution in [0.1, 0.15) is 59.3 Å². The van der Waals surface area contributed by atoms with Crippen molar-refractivity contribution in [3.63, 3.8) is 0 Å². The average Bonchev–Trinajstić information content (AvgIpc) is 3.08. The quantitative estimate of drug-likeness (QED) is 0.517. The van der Waals surface area contributed by atoms with Crippen LogP contribution >= 0.6 is 0 Å². The number of carbonyl (C=O) groups excluding carboxylic acids is 2. The largest absolute Gasteiger partial charge is 0.611 e. The first-order valence-corrected chi connectivity index (χ1v) is 13.6. The minimum absolute atomic E-state index is 0.00123. The van der Waals surface area contributed by atoms with Crippen LogP contribution in [0.5, 0.6) is 0 Å². The number of Topliss-reactive ketones (excluding diaryl/α,β-unsaturated/α-hetero) is 1. The lowest BCUT2D eigenvalue weighted by Gasteiger charge is -2.58. The highest BCUT2D eigenvalue weighted by Gasteiger charge is 2.59. The van der Waals surface area contributed by atoms with E-state index in [1.165, 1.54) is 5.57 Å². The molecule has 0 bridgehead atoms. The third-order valence-electron chi connectivity index (χ3n) is 9.37. The Morgan fingerprint density at radius 2 is 1.85 bits per heavy atom. The Labute approximate surface area is 200 Å². The van der Waals surface area contributed by atoms with Crippen LogP contribution in [-0.4, -0.2) is 21.9 Å². The first-order chi connectivity index (χ1) is 15.6. The molecule has 5 rings (SSSR count). The summed E-state index contributed by atoms with van der Waals surface area (Å²) in [5.41, 5.74) is 4.20. The fourth-order valence-corrected chi connectivity index (χ4v) is 9.14. The van der Waals surface area contributed by atoms with Gasteiger partial charge in [-0.3, -0.25) is 9.59 Å². The molecule has 0 amide bonds. The van der Waals surface area contributed by atoms with Gasteiger partial charge in [0.2, 0.25) is 0 Å². The van der Waals surface area contributed by atoms with Gasteiger partial charge >= 0.3 is 0 Å². The lowest BCUT2D eigenvalue weighted by Crippen LogP contribution is -2.50. The molecule has 0 aliphatic heterocycles. The van der Waals surface area contributed by atoms with Gasteiger partial charge in [-0.15, -0.1) is 0 Å². The number of carbonyl (C=O) groups is 2. The van der Waals surface area contributed by atoms with Gasteiger partial charge in [0.25, 0.3) is 0 Å². The number of rotatable bonds is 4. The highest BCUT2D eigenvalue weighted by Crippen LogP contribution is 2.67. The maximum absolute atomic E-state index is 13.2. The van der Waals surface area contributed by atoms with Crippen LogP contribution in [0.2, 0.25) is 0 Å². The Morgan fingerprint density at radius 1 is 1.12 bits per heavy atom. The number of benzene rings is 1. The smallest absolute Gasteiger partial charge is 0.156 e. The minimum atomic E-state index is -1.15. The van der Waals surface area contributed by atoms with Crippen molar-refractivity contribution >= 4 is 22.7 Å². The predicted octanol–water partition coefficient (Wildman–Crippen LogP) is 5.99. The standard InChI is InChI=1S/C29H34O3S/c1-18-14-23-24(28(3)12-10-21(31)16-25(18)28)11-13-29(4)26(23)15-20(27(29)19(2)30)17-33(32)22-8-6-5-7-9-22/h5-9,16,23-24,26H,1,10-15,17H2,2-4H3/t23-,24+,26+,28-,29+,33?/m1/s1. The molecule has 2 fully saturated rings. The van der Waals surface area contributed by atoms with Crippen LogP contribution in [0.25, 0.3) is 0 Å². The Morgan fingerprint density at radius 3 is 2.55 bits per heavy atom. The van der Waals surface area contributed by atoms with Crippen molar-refractivity contribution in [1.29, 1.82) is 0 Å². The van der Waals surface area contributed by atoms with Crippen LogP contribution in [-0.2, 0) is 20.8 Å². The number of fused-ring (bicyclic) bond motifs is 5. The Kier molecular flexibility index (Phi) is 5.61. The topological polar surface area (TPSA) is 57.2 Å². The van der Waals surface area contributed by atoms with E-state index in [2.05, 4.69) is 20.4 Å². The van der Waals surface area contributed by atoms with Gasteiger partial charge in [-0.1, -0.05) is 44.2 Å². The summed E-state index contributed by atoms with van der Waals surface area (Å²) in [5.74, 6) is 2.14. The number of hydrogen-bond donors (Lipinski definition) is 0. The molecule has 0 saturated heterocycles. The molecule has 4 aliphatic rings. The summed E-state index contributed by atoms with van der Waals surface area (Å²) in [6, 6.07) is 9.59. The molecule has 6 atom stereocenters.